The van der Waals surface area contributed by atoms with Crippen LogP contribution in [0.3, 0.4) is 0 Å². The zero-order valence-corrected chi connectivity index (χ0v) is 19.6. The number of anilines is 2. The molecule has 0 aliphatic heterocycles. The Balaban J connectivity index is 1.62. The van der Waals surface area contributed by atoms with E-state index in [-0.39, 0.29) is 26.4 Å². The molecule has 3 aromatic carbocycles. The average molecular weight is 509 g/mol. The van der Waals surface area contributed by atoms with E-state index < -0.39 is 10.0 Å². The molecule has 0 saturated carbocycles. The molecule has 0 radical (unpaired) electrons. The largest absolute Gasteiger partial charge is 0.453 e. The zero-order valence-electron chi connectivity index (χ0n) is 16.6. The number of nitrogens with one attached hydrogen (secondary N) is 2. The van der Waals surface area contributed by atoms with Crippen molar-refractivity contribution in [2.75, 3.05) is 17.1 Å². The van der Waals surface area contributed by atoms with E-state index in [1.165, 1.54) is 30.3 Å². The molecule has 0 saturated heterocycles. The van der Waals surface area contributed by atoms with Crippen molar-refractivity contribution < 1.29 is 13.2 Å². The third kappa shape index (κ3) is 4.71. The van der Waals surface area contributed by atoms with Crippen LogP contribution in [-0.4, -0.2) is 20.4 Å². The molecule has 4 rings (SSSR count). The highest BCUT2D eigenvalue weighted by atomic mass is 35.5. The van der Waals surface area contributed by atoms with Crippen LogP contribution >= 0.6 is 34.8 Å². The van der Waals surface area contributed by atoms with E-state index in [4.69, 9.17) is 39.5 Å². The highest BCUT2D eigenvalue weighted by molar-refractivity contribution is 7.92. The highest BCUT2D eigenvalue weighted by Gasteiger charge is 2.20. The van der Waals surface area contributed by atoms with Crippen LogP contribution in [0.2, 0.25) is 15.1 Å². The standard InChI is InChI=1S/C22H16Cl3N3O3S/c1-26-20-9-14(23)6-7-21(20)32(29,30)28-15-10-17(24)22(18(25)11-15)31-16-8-13-4-2-3-5-19(13)27-12-16/h2-12,26,28H,1H3. The number of nitrogens with zero attached hydrogens (tertiary/aromatic N) is 1. The summed E-state index contributed by atoms with van der Waals surface area (Å²) in [7, 11) is -2.34. The number of fused-ring (bicyclic) bond motifs is 1. The van der Waals surface area contributed by atoms with Crippen molar-refractivity contribution in [3.8, 4) is 11.5 Å². The van der Waals surface area contributed by atoms with Crippen LogP contribution in [0.5, 0.6) is 11.5 Å². The Morgan fingerprint density at radius 1 is 0.938 bits per heavy atom. The molecular weight excluding hydrogens is 493 g/mol. The fourth-order valence-electron chi connectivity index (χ4n) is 3.08. The molecule has 0 unspecified atom stereocenters. The van der Waals surface area contributed by atoms with Crippen LogP contribution < -0.4 is 14.8 Å². The third-order valence-corrected chi connectivity index (χ3v) is 6.77. The lowest BCUT2D eigenvalue weighted by atomic mass is 10.2. The summed E-state index contributed by atoms with van der Waals surface area (Å²) in [4.78, 5) is 4.37. The zero-order chi connectivity index (χ0) is 22.9. The summed E-state index contributed by atoms with van der Waals surface area (Å²) in [5, 5.41) is 4.38. The van der Waals surface area contributed by atoms with Crippen molar-refractivity contribution in [3.05, 3.63) is 81.9 Å². The maximum absolute atomic E-state index is 12.9. The molecule has 0 bridgehead atoms. The first-order chi connectivity index (χ1) is 15.3. The van der Waals surface area contributed by atoms with Crippen LogP contribution in [-0.2, 0) is 10.0 Å². The van der Waals surface area contributed by atoms with E-state index in [1.54, 1.807) is 13.2 Å². The van der Waals surface area contributed by atoms with Gasteiger partial charge in [-0.1, -0.05) is 53.0 Å². The number of aromatic nitrogens is 1. The number of sulfonamides is 1. The second-order valence-electron chi connectivity index (χ2n) is 6.73. The molecule has 2 N–H and O–H groups in total. The van der Waals surface area contributed by atoms with E-state index in [0.29, 0.717) is 16.5 Å². The SMILES string of the molecule is CNc1cc(Cl)ccc1S(=O)(=O)Nc1cc(Cl)c(Oc2cnc3ccccc3c2)c(Cl)c1. The lowest BCUT2D eigenvalue weighted by Crippen LogP contribution is -2.15. The highest BCUT2D eigenvalue weighted by Crippen LogP contribution is 2.40. The van der Waals surface area contributed by atoms with Crippen molar-refractivity contribution in [2.45, 2.75) is 4.90 Å². The molecule has 1 aromatic heterocycles. The molecule has 32 heavy (non-hydrogen) atoms. The molecule has 0 atom stereocenters. The topological polar surface area (TPSA) is 80.3 Å². The first kappa shape index (κ1) is 22.5. The number of pyridine rings is 1. The molecule has 0 spiro atoms. The Hall–Kier alpha value is -2.71. The van der Waals surface area contributed by atoms with Gasteiger partial charge in [-0.2, -0.15) is 0 Å². The molecule has 6 nitrogen and oxygen atoms in total. The van der Waals surface area contributed by atoms with Gasteiger partial charge in [-0.3, -0.25) is 9.71 Å². The van der Waals surface area contributed by atoms with Crippen molar-refractivity contribution in [2.24, 2.45) is 0 Å². The number of hydrogen-bond donors (Lipinski definition) is 2. The fraction of sp³-hybridized carbons (Fsp3) is 0.0455. The number of benzene rings is 3. The van der Waals surface area contributed by atoms with Crippen molar-refractivity contribution >= 4 is 67.1 Å². The molecule has 164 valence electrons. The second kappa shape index (κ2) is 9.03. The van der Waals surface area contributed by atoms with E-state index >= 15 is 0 Å². The van der Waals surface area contributed by atoms with Gasteiger partial charge in [0.25, 0.3) is 10.0 Å². The van der Waals surface area contributed by atoms with E-state index in [1.807, 2.05) is 30.3 Å². The van der Waals surface area contributed by atoms with Gasteiger partial charge in [-0.15, -0.1) is 0 Å². The number of hydrogen-bond acceptors (Lipinski definition) is 5. The predicted molar refractivity (Wildman–Crippen MR) is 130 cm³/mol. The van der Waals surface area contributed by atoms with Gasteiger partial charge >= 0.3 is 0 Å². The van der Waals surface area contributed by atoms with Gasteiger partial charge < -0.3 is 10.1 Å². The molecule has 0 aliphatic rings. The summed E-state index contributed by atoms with van der Waals surface area (Å²) < 4.78 is 34.1. The monoisotopic (exact) mass is 507 g/mol. The summed E-state index contributed by atoms with van der Waals surface area (Å²) >= 11 is 18.7. The Morgan fingerprint density at radius 2 is 1.66 bits per heavy atom. The van der Waals surface area contributed by atoms with Crippen LogP contribution in [0.1, 0.15) is 0 Å². The van der Waals surface area contributed by atoms with Crippen molar-refractivity contribution in [3.63, 3.8) is 0 Å². The Bertz CT molecular complexity index is 1410. The fourth-order valence-corrected chi connectivity index (χ4v) is 5.05. The minimum absolute atomic E-state index is 0.0270. The summed E-state index contributed by atoms with van der Waals surface area (Å²) in [5.41, 5.74) is 1.36. The number of ether oxygens (including phenoxy) is 1. The van der Waals surface area contributed by atoms with Gasteiger partial charge in [0.2, 0.25) is 0 Å². The van der Waals surface area contributed by atoms with E-state index in [0.717, 1.165) is 10.9 Å². The van der Waals surface area contributed by atoms with Crippen molar-refractivity contribution in [1.82, 2.24) is 4.98 Å². The van der Waals surface area contributed by atoms with Crippen LogP contribution in [0, 0.1) is 0 Å². The van der Waals surface area contributed by atoms with Crippen molar-refractivity contribution in [1.29, 1.82) is 0 Å². The Kier molecular flexibility index (Phi) is 6.35. The predicted octanol–water partition coefficient (Wildman–Crippen LogP) is 6.83. The molecule has 0 amide bonds. The summed E-state index contributed by atoms with van der Waals surface area (Å²) in [5.74, 6) is 0.636. The molecule has 4 aromatic rings. The summed E-state index contributed by atoms with van der Waals surface area (Å²) in [6.07, 6.45) is 1.56. The molecule has 0 aliphatic carbocycles. The van der Waals surface area contributed by atoms with Gasteiger partial charge in [0.15, 0.2) is 5.75 Å². The maximum atomic E-state index is 12.9. The summed E-state index contributed by atoms with van der Waals surface area (Å²) in [6.45, 7) is 0. The number of para-hydroxylation sites is 1. The molecule has 1 heterocycles. The normalized spacial score (nSPS) is 11.4. The first-order valence-electron chi connectivity index (χ1n) is 9.28. The Labute approximate surface area is 200 Å². The smallest absolute Gasteiger partial charge is 0.263 e. The first-order valence-corrected chi connectivity index (χ1v) is 11.9. The van der Waals surface area contributed by atoms with Gasteiger partial charge in [-0.05, 0) is 42.5 Å². The van der Waals surface area contributed by atoms with Gasteiger partial charge in [0, 0.05) is 17.5 Å². The summed E-state index contributed by atoms with van der Waals surface area (Å²) in [6, 6.07) is 16.7. The van der Waals surface area contributed by atoms with Crippen LogP contribution in [0.15, 0.2) is 71.8 Å². The molecular formula is C22H16Cl3N3O3S. The van der Waals surface area contributed by atoms with Gasteiger partial charge in [-0.25, -0.2) is 8.42 Å². The lowest BCUT2D eigenvalue weighted by Gasteiger charge is -2.15. The lowest BCUT2D eigenvalue weighted by molar-refractivity contribution is 0.482. The average Bonchev–Trinajstić information content (AvgIpc) is 2.75. The quantitative estimate of drug-likeness (QED) is 0.298. The molecule has 0 fully saturated rings. The molecule has 10 heteroatoms. The minimum Gasteiger partial charge on any atom is -0.453 e. The number of rotatable bonds is 6. The Morgan fingerprint density at radius 3 is 2.38 bits per heavy atom. The maximum Gasteiger partial charge on any atom is 0.263 e. The minimum atomic E-state index is -3.94. The van der Waals surface area contributed by atoms with E-state index in [2.05, 4.69) is 15.0 Å². The number of halogens is 3. The van der Waals surface area contributed by atoms with Gasteiger partial charge in [0.1, 0.15) is 10.6 Å². The van der Waals surface area contributed by atoms with Crippen LogP contribution in [0.25, 0.3) is 10.9 Å². The van der Waals surface area contributed by atoms with Crippen LogP contribution in [0.4, 0.5) is 11.4 Å². The van der Waals surface area contributed by atoms with E-state index in [9.17, 15) is 8.42 Å². The third-order valence-electron chi connectivity index (χ3n) is 4.54. The van der Waals surface area contributed by atoms with Gasteiger partial charge in [0.05, 0.1) is 33.1 Å². The second-order valence-corrected chi connectivity index (χ2v) is 9.63.